The van der Waals surface area contributed by atoms with E-state index in [9.17, 15) is 13.2 Å². The lowest BCUT2D eigenvalue weighted by Gasteiger charge is -2.56. The van der Waals surface area contributed by atoms with Gasteiger partial charge in [-0.1, -0.05) is 25.5 Å². The van der Waals surface area contributed by atoms with Gasteiger partial charge in [0, 0.05) is 25.9 Å². The Morgan fingerprint density at radius 3 is 2.44 bits per heavy atom. The largest absolute Gasteiger partial charge is 0.338 e. The summed E-state index contributed by atoms with van der Waals surface area (Å²) in [5, 5.41) is 0. The van der Waals surface area contributed by atoms with Crippen LogP contribution in [0.1, 0.15) is 65.2 Å². The Morgan fingerprint density at radius 2 is 1.74 bits per heavy atom. The van der Waals surface area contributed by atoms with Crippen molar-refractivity contribution in [3.63, 3.8) is 0 Å². The van der Waals surface area contributed by atoms with E-state index in [1.807, 2.05) is 0 Å². The number of Topliss-reactive ketones (excluding diaryl/α,β-unsaturated/α-hetero) is 1. The van der Waals surface area contributed by atoms with Gasteiger partial charge in [0.1, 0.15) is 5.78 Å². The van der Waals surface area contributed by atoms with E-state index in [2.05, 4.69) is 19.9 Å². The van der Waals surface area contributed by atoms with E-state index in [1.54, 1.807) is 0 Å². The summed E-state index contributed by atoms with van der Waals surface area (Å²) in [5.41, 5.74) is 1.43. The van der Waals surface area contributed by atoms with Gasteiger partial charge in [0.05, 0.1) is 6.10 Å². The smallest absolute Gasteiger partial charge is 0.299 e. The van der Waals surface area contributed by atoms with Gasteiger partial charge in [-0.3, -0.25) is 8.98 Å². The van der Waals surface area contributed by atoms with Crippen molar-refractivity contribution < 1.29 is 17.4 Å². The van der Waals surface area contributed by atoms with Crippen LogP contribution in [0.2, 0.25) is 0 Å². The van der Waals surface area contributed by atoms with Crippen LogP contribution in [0.15, 0.2) is 11.6 Å². The average molecular weight is 396 g/mol. The highest BCUT2D eigenvalue weighted by molar-refractivity contribution is 7.84. The first-order chi connectivity index (χ1) is 12.6. The zero-order chi connectivity index (χ0) is 19.6. The maximum Gasteiger partial charge on any atom is 0.338 e. The van der Waals surface area contributed by atoms with E-state index in [0.29, 0.717) is 30.0 Å². The Hall–Kier alpha value is -0.720. The van der Waals surface area contributed by atoms with E-state index >= 15 is 0 Å². The summed E-state index contributed by atoms with van der Waals surface area (Å²) in [6, 6.07) is 0. The predicted octanol–water partition coefficient (Wildman–Crippen LogP) is 3.71. The van der Waals surface area contributed by atoms with E-state index in [4.69, 9.17) is 4.18 Å². The number of fused-ring (bicyclic) bond motifs is 5. The highest BCUT2D eigenvalue weighted by Gasteiger charge is 2.58. The van der Waals surface area contributed by atoms with Crippen LogP contribution in [0.3, 0.4) is 0 Å². The molecular formula is C21H33NO4S. The van der Waals surface area contributed by atoms with E-state index < -0.39 is 10.3 Å². The third-order valence-corrected chi connectivity index (χ3v) is 9.88. The van der Waals surface area contributed by atoms with Crippen LogP contribution < -0.4 is 0 Å². The zero-order valence-electron chi connectivity index (χ0n) is 17.0. The van der Waals surface area contributed by atoms with Gasteiger partial charge in [0.2, 0.25) is 0 Å². The molecule has 0 aromatic carbocycles. The lowest BCUT2D eigenvalue weighted by atomic mass is 9.48. The van der Waals surface area contributed by atoms with Crippen LogP contribution in [-0.2, 0) is 19.3 Å². The molecule has 3 saturated carbocycles. The molecule has 5 nitrogen and oxygen atoms in total. The van der Waals surface area contributed by atoms with Crippen LogP contribution in [0.5, 0.6) is 0 Å². The van der Waals surface area contributed by atoms with Crippen molar-refractivity contribution in [1.82, 2.24) is 4.31 Å². The Labute approximate surface area is 163 Å². The van der Waals surface area contributed by atoms with Gasteiger partial charge in [-0.05, 0) is 68.1 Å². The molecule has 4 aliphatic rings. The summed E-state index contributed by atoms with van der Waals surface area (Å²) >= 11 is 0. The van der Waals surface area contributed by atoms with E-state index in [-0.39, 0.29) is 16.9 Å². The summed E-state index contributed by atoms with van der Waals surface area (Å²) in [5.74, 6) is 2.23. The summed E-state index contributed by atoms with van der Waals surface area (Å²) in [7, 11) is -0.619. The first kappa shape index (κ1) is 19.6. The number of rotatable bonds is 3. The zero-order valence-corrected chi connectivity index (χ0v) is 17.8. The molecule has 3 fully saturated rings. The van der Waals surface area contributed by atoms with Crippen LogP contribution in [0.4, 0.5) is 0 Å². The number of nitrogens with zero attached hydrogens (tertiary/aromatic N) is 1. The van der Waals surface area contributed by atoms with Crippen molar-refractivity contribution >= 4 is 16.1 Å². The Bertz CT molecular complexity index is 773. The van der Waals surface area contributed by atoms with Crippen molar-refractivity contribution in [1.29, 1.82) is 0 Å². The quantitative estimate of drug-likeness (QED) is 0.684. The summed E-state index contributed by atoms with van der Waals surface area (Å²) < 4.78 is 30.8. The number of carbonyl (C=O) groups is 1. The Kier molecular flexibility index (Phi) is 4.64. The molecule has 27 heavy (non-hydrogen) atoms. The molecule has 0 N–H and O–H groups in total. The standard InChI is InChI=1S/C21H33NO4S/c1-20-11-9-15(26-27(24,25)22(3)4)13-14(20)5-6-16-17-7-8-19(23)21(17,2)12-10-18(16)20/h5,15-18H,6-13H2,1-4H3. The van der Waals surface area contributed by atoms with Crippen molar-refractivity contribution in [2.24, 2.45) is 28.6 Å². The van der Waals surface area contributed by atoms with Gasteiger partial charge in [-0.2, -0.15) is 12.7 Å². The summed E-state index contributed by atoms with van der Waals surface area (Å²) in [6.45, 7) is 4.59. The monoisotopic (exact) mass is 395 g/mol. The first-order valence-corrected chi connectivity index (χ1v) is 11.8. The molecule has 152 valence electrons. The lowest BCUT2D eigenvalue weighted by Crippen LogP contribution is -2.50. The SMILES string of the molecule is CN(C)S(=O)(=O)OC1CCC2(C)C(=CCC3C4CCC(=O)C4(C)CCC32)C1. The Morgan fingerprint density at radius 1 is 1.07 bits per heavy atom. The molecule has 4 aliphatic carbocycles. The fourth-order valence-corrected chi connectivity index (χ4v) is 7.42. The second-order valence-electron chi connectivity index (χ2n) is 9.88. The van der Waals surface area contributed by atoms with Crippen molar-refractivity contribution in [3.05, 3.63) is 11.6 Å². The van der Waals surface area contributed by atoms with Gasteiger partial charge in [0.25, 0.3) is 0 Å². The molecule has 6 heteroatoms. The normalized spacial score (nSPS) is 44.5. The van der Waals surface area contributed by atoms with Crippen LogP contribution >= 0.6 is 0 Å². The molecule has 0 bridgehead atoms. The van der Waals surface area contributed by atoms with Gasteiger partial charge < -0.3 is 0 Å². The molecule has 6 unspecified atom stereocenters. The fraction of sp³-hybridized carbons (Fsp3) is 0.857. The third kappa shape index (κ3) is 2.94. The lowest BCUT2D eigenvalue weighted by molar-refractivity contribution is -0.131. The highest BCUT2D eigenvalue weighted by atomic mass is 32.2. The minimum absolute atomic E-state index is 0.0943. The van der Waals surface area contributed by atoms with Gasteiger partial charge in [-0.25, -0.2) is 0 Å². The maximum absolute atomic E-state index is 12.5. The summed E-state index contributed by atoms with van der Waals surface area (Å²) in [6.07, 6.45) is 9.59. The summed E-state index contributed by atoms with van der Waals surface area (Å²) in [4.78, 5) is 12.5. The Balaban J connectivity index is 1.55. The van der Waals surface area contributed by atoms with E-state index in [0.717, 1.165) is 49.3 Å². The molecule has 0 aliphatic heterocycles. The van der Waals surface area contributed by atoms with Crippen molar-refractivity contribution in [2.75, 3.05) is 14.1 Å². The molecule has 0 heterocycles. The molecule has 4 rings (SSSR count). The van der Waals surface area contributed by atoms with Gasteiger partial charge >= 0.3 is 10.3 Å². The van der Waals surface area contributed by atoms with Gasteiger partial charge in [0.15, 0.2) is 0 Å². The highest BCUT2D eigenvalue weighted by Crippen LogP contribution is 2.64. The molecule has 0 spiro atoms. The van der Waals surface area contributed by atoms with Crippen LogP contribution in [-0.4, -0.2) is 38.7 Å². The minimum Gasteiger partial charge on any atom is -0.299 e. The van der Waals surface area contributed by atoms with Crippen molar-refractivity contribution in [3.8, 4) is 0 Å². The molecule has 6 atom stereocenters. The number of carbonyl (C=O) groups excluding carboxylic acids is 1. The fourth-order valence-electron chi connectivity index (χ4n) is 6.74. The third-order valence-electron chi connectivity index (χ3n) is 8.47. The first-order valence-electron chi connectivity index (χ1n) is 10.4. The molecular weight excluding hydrogens is 362 g/mol. The number of hydrogen-bond acceptors (Lipinski definition) is 4. The van der Waals surface area contributed by atoms with E-state index in [1.165, 1.54) is 19.7 Å². The average Bonchev–Trinajstić information content (AvgIpc) is 2.90. The molecule has 0 saturated heterocycles. The van der Waals surface area contributed by atoms with Gasteiger partial charge in [-0.15, -0.1) is 0 Å². The topological polar surface area (TPSA) is 63.7 Å². The number of hydrogen-bond donors (Lipinski definition) is 0. The molecule has 0 aromatic rings. The number of ketones is 1. The van der Waals surface area contributed by atoms with Crippen molar-refractivity contribution in [2.45, 2.75) is 71.3 Å². The molecule has 0 radical (unpaired) electrons. The second kappa shape index (κ2) is 6.39. The molecule has 0 aromatic heterocycles. The minimum atomic E-state index is -3.64. The predicted molar refractivity (Wildman–Crippen MR) is 104 cm³/mol. The van der Waals surface area contributed by atoms with Crippen LogP contribution in [0, 0.1) is 28.6 Å². The van der Waals surface area contributed by atoms with Crippen LogP contribution in [0.25, 0.3) is 0 Å². The molecule has 0 amide bonds. The second-order valence-corrected chi connectivity index (χ2v) is 11.7. The maximum atomic E-state index is 12.5. The number of allylic oxidation sites excluding steroid dienone is 1.